The zero-order valence-corrected chi connectivity index (χ0v) is 18.2. The molecule has 0 fully saturated rings. The van der Waals surface area contributed by atoms with Crippen molar-refractivity contribution in [3.8, 4) is 10.6 Å². The van der Waals surface area contributed by atoms with Gasteiger partial charge in [0.25, 0.3) is 0 Å². The lowest BCUT2D eigenvalue weighted by atomic mass is 9.95. The third-order valence-corrected chi connectivity index (χ3v) is 5.86. The third kappa shape index (κ3) is 4.87. The first-order valence-corrected chi connectivity index (χ1v) is 10.8. The van der Waals surface area contributed by atoms with E-state index in [-0.39, 0.29) is 0 Å². The topological polar surface area (TPSA) is 42.1 Å². The molecule has 0 spiro atoms. The monoisotopic (exact) mass is 405 g/mol. The number of rotatable bonds is 9. The van der Waals surface area contributed by atoms with E-state index in [1.54, 1.807) is 11.3 Å². The first kappa shape index (κ1) is 20.9. The van der Waals surface area contributed by atoms with E-state index in [1.165, 1.54) is 0 Å². The van der Waals surface area contributed by atoms with Crippen LogP contribution in [0.3, 0.4) is 0 Å². The maximum Gasteiger partial charge on any atom is 0.124 e. The van der Waals surface area contributed by atoms with E-state index >= 15 is 0 Å². The Morgan fingerprint density at radius 3 is 2.31 bits per heavy atom. The molecule has 0 bridgehead atoms. The molecule has 0 aliphatic rings. The summed E-state index contributed by atoms with van der Waals surface area (Å²) in [6, 6.07) is 4.05. The first-order chi connectivity index (χ1) is 12.5. The van der Waals surface area contributed by atoms with Crippen LogP contribution >= 0.6 is 35.8 Å². The van der Waals surface area contributed by atoms with Gasteiger partial charge >= 0.3 is 0 Å². The molecule has 1 aromatic carbocycles. The predicted molar refractivity (Wildman–Crippen MR) is 121 cm³/mol. The maximum absolute atomic E-state index is 6.06. The standard InChI is InChI=1S/C20H27N3S3/c1-4-6-11-23(12-7-5-2)20(25)17-15(18(21)24)9-8-14(3)16(17)19-22-10-13-26-19/h8-10,13H,4-7,11-12H2,1-3H3,(H2,21,24). The van der Waals surface area contributed by atoms with Crippen molar-refractivity contribution in [2.24, 2.45) is 5.73 Å². The molecule has 0 aliphatic carbocycles. The van der Waals surface area contributed by atoms with E-state index in [4.69, 9.17) is 30.2 Å². The fourth-order valence-electron chi connectivity index (χ4n) is 2.93. The molecule has 1 heterocycles. The SMILES string of the molecule is CCCCN(CCCC)C(=S)c1c(C(N)=S)ccc(C)c1-c1nccs1. The van der Waals surface area contributed by atoms with Crippen molar-refractivity contribution in [1.29, 1.82) is 0 Å². The summed E-state index contributed by atoms with van der Waals surface area (Å²) in [6.07, 6.45) is 6.34. The van der Waals surface area contributed by atoms with Crippen LogP contribution in [0.4, 0.5) is 0 Å². The highest BCUT2D eigenvalue weighted by atomic mass is 32.1. The van der Waals surface area contributed by atoms with E-state index in [2.05, 4.69) is 36.7 Å². The Balaban J connectivity index is 2.58. The van der Waals surface area contributed by atoms with E-state index in [0.717, 1.165) is 71.0 Å². The Morgan fingerprint density at radius 1 is 1.15 bits per heavy atom. The number of unbranched alkanes of at least 4 members (excludes halogenated alkanes) is 2. The van der Waals surface area contributed by atoms with Gasteiger partial charge in [0.15, 0.2) is 0 Å². The van der Waals surface area contributed by atoms with Gasteiger partial charge in [0.05, 0.1) is 0 Å². The second-order valence-corrected chi connectivity index (χ2v) is 8.10. The first-order valence-electron chi connectivity index (χ1n) is 9.13. The second kappa shape index (κ2) is 10.1. The van der Waals surface area contributed by atoms with Gasteiger partial charge in [-0.15, -0.1) is 11.3 Å². The van der Waals surface area contributed by atoms with Crippen molar-refractivity contribution in [2.45, 2.75) is 46.5 Å². The Labute approximate surface area is 171 Å². The molecule has 0 amide bonds. The minimum Gasteiger partial charge on any atom is -0.389 e. The largest absolute Gasteiger partial charge is 0.389 e. The minimum atomic E-state index is 0.381. The van der Waals surface area contributed by atoms with E-state index < -0.39 is 0 Å². The number of benzene rings is 1. The Morgan fingerprint density at radius 2 is 1.81 bits per heavy atom. The van der Waals surface area contributed by atoms with Gasteiger partial charge < -0.3 is 10.6 Å². The molecule has 3 nitrogen and oxygen atoms in total. The van der Waals surface area contributed by atoms with E-state index in [9.17, 15) is 0 Å². The van der Waals surface area contributed by atoms with Gasteiger partial charge in [0.1, 0.15) is 15.0 Å². The molecule has 1 aromatic heterocycles. The number of nitrogens with zero attached hydrogens (tertiary/aromatic N) is 2. The molecule has 0 radical (unpaired) electrons. The maximum atomic E-state index is 6.06. The van der Waals surface area contributed by atoms with E-state index in [0.29, 0.717) is 4.99 Å². The summed E-state index contributed by atoms with van der Waals surface area (Å²) in [6.45, 7) is 8.41. The summed E-state index contributed by atoms with van der Waals surface area (Å²) in [4.78, 5) is 8.06. The molecule has 2 aromatic rings. The smallest absolute Gasteiger partial charge is 0.124 e. The lowest BCUT2D eigenvalue weighted by Gasteiger charge is -2.28. The van der Waals surface area contributed by atoms with E-state index in [1.807, 2.05) is 17.6 Å². The van der Waals surface area contributed by atoms with Crippen LogP contribution < -0.4 is 5.73 Å². The Hall–Kier alpha value is -1.37. The van der Waals surface area contributed by atoms with Crippen LogP contribution in [0.5, 0.6) is 0 Å². The quantitative estimate of drug-likeness (QED) is 0.571. The molecule has 0 saturated carbocycles. The van der Waals surface area contributed by atoms with Crippen LogP contribution in [-0.4, -0.2) is 33.0 Å². The molecule has 26 heavy (non-hydrogen) atoms. The molecular weight excluding hydrogens is 378 g/mol. The fraction of sp³-hybridized carbons (Fsp3) is 0.450. The highest BCUT2D eigenvalue weighted by Crippen LogP contribution is 2.33. The zero-order chi connectivity index (χ0) is 19.1. The van der Waals surface area contributed by atoms with Gasteiger partial charge in [0.2, 0.25) is 0 Å². The predicted octanol–water partition coefficient (Wildman–Crippen LogP) is 5.33. The number of hydrogen-bond donors (Lipinski definition) is 1. The average molecular weight is 406 g/mol. The van der Waals surface area contributed by atoms with Crippen LogP contribution in [0.25, 0.3) is 10.6 Å². The molecule has 0 atom stereocenters. The lowest BCUT2D eigenvalue weighted by Crippen LogP contribution is -2.34. The van der Waals surface area contributed by atoms with Crippen LogP contribution in [-0.2, 0) is 0 Å². The summed E-state index contributed by atoms with van der Waals surface area (Å²) in [5.41, 5.74) is 10.1. The summed E-state index contributed by atoms with van der Waals surface area (Å²) in [7, 11) is 0. The number of hydrogen-bond acceptors (Lipinski definition) is 4. The van der Waals surface area contributed by atoms with Gasteiger partial charge in [-0.2, -0.15) is 0 Å². The van der Waals surface area contributed by atoms with Gasteiger partial charge in [-0.05, 0) is 25.3 Å². The van der Waals surface area contributed by atoms with Crippen LogP contribution in [0.2, 0.25) is 0 Å². The number of nitrogens with two attached hydrogens (primary N) is 1. The van der Waals surface area contributed by atoms with Gasteiger partial charge in [-0.25, -0.2) is 4.98 Å². The van der Waals surface area contributed by atoms with Gasteiger partial charge in [-0.1, -0.05) is 63.3 Å². The number of aryl methyl sites for hydroxylation is 1. The van der Waals surface area contributed by atoms with Crippen LogP contribution in [0.15, 0.2) is 23.7 Å². The van der Waals surface area contributed by atoms with Crippen molar-refractivity contribution in [3.05, 3.63) is 40.4 Å². The summed E-state index contributed by atoms with van der Waals surface area (Å²) < 4.78 is 0. The second-order valence-electron chi connectivity index (χ2n) is 6.38. The van der Waals surface area contributed by atoms with Gasteiger partial charge in [0, 0.05) is 41.4 Å². The molecule has 2 N–H and O–H groups in total. The van der Waals surface area contributed by atoms with Crippen molar-refractivity contribution in [2.75, 3.05) is 13.1 Å². The normalized spacial score (nSPS) is 10.7. The molecular formula is C20H27N3S3. The Kier molecular flexibility index (Phi) is 8.13. The number of thiocarbonyl (C=S) groups is 2. The Bertz CT molecular complexity index is 746. The molecule has 0 unspecified atom stereocenters. The van der Waals surface area contributed by atoms with Gasteiger partial charge in [-0.3, -0.25) is 0 Å². The van der Waals surface area contributed by atoms with Crippen molar-refractivity contribution < 1.29 is 0 Å². The molecule has 2 rings (SSSR count). The molecule has 0 saturated heterocycles. The zero-order valence-electron chi connectivity index (χ0n) is 15.7. The van der Waals surface area contributed by atoms with Crippen LogP contribution in [0, 0.1) is 6.92 Å². The minimum absolute atomic E-state index is 0.381. The van der Waals surface area contributed by atoms with Crippen molar-refractivity contribution >= 4 is 45.7 Å². The average Bonchev–Trinajstić information content (AvgIpc) is 3.15. The number of aromatic nitrogens is 1. The molecule has 0 aliphatic heterocycles. The highest BCUT2D eigenvalue weighted by molar-refractivity contribution is 7.81. The number of thiazole rings is 1. The molecule has 140 valence electrons. The summed E-state index contributed by atoms with van der Waals surface area (Å²) in [5.74, 6) is 0. The highest BCUT2D eigenvalue weighted by Gasteiger charge is 2.23. The summed E-state index contributed by atoms with van der Waals surface area (Å²) >= 11 is 12.9. The van der Waals surface area contributed by atoms with Crippen molar-refractivity contribution in [1.82, 2.24) is 9.88 Å². The third-order valence-electron chi connectivity index (χ3n) is 4.39. The summed E-state index contributed by atoms with van der Waals surface area (Å²) in [5, 5.41) is 2.95. The van der Waals surface area contributed by atoms with Crippen molar-refractivity contribution in [3.63, 3.8) is 0 Å². The van der Waals surface area contributed by atoms with Crippen LogP contribution in [0.1, 0.15) is 56.2 Å². The fourth-order valence-corrected chi connectivity index (χ4v) is 4.25. The molecule has 6 heteroatoms. The lowest BCUT2D eigenvalue weighted by molar-refractivity contribution is 0.405.